The zero-order valence-corrected chi connectivity index (χ0v) is 23.6. The highest BCUT2D eigenvalue weighted by atomic mass is 19.4. The molecule has 2 aliphatic heterocycles. The Bertz CT molecular complexity index is 1190. The van der Waals surface area contributed by atoms with E-state index in [9.17, 15) is 36.7 Å². The first-order valence-electron chi connectivity index (χ1n) is 13.8. The number of urea groups is 1. The molecule has 226 valence electrons. The zero-order valence-electron chi connectivity index (χ0n) is 23.6. The Labute approximate surface area is 236 Å². The summed E-state index contributed by atoms with van der Waals surface area (Å²) >= 11 is 0. The van der Waals surface area contributed by atoms with Crippen LogP contribution in [-0.4, -0.2) is 89.4 Å². The Kier molecular flexibility index (Phi) is 8.68. The molecule has 13 heteroatoms. The monoisotopic (exact) mass is 584 g/mol. The highest BCUT2D eigenvalue weighted by Crippen LogP contribution is 2.41. The van der Waals surface area contributed by atoms with Crippen LogP contribution in [-0.2, 0) is 20.5 Å². The fourth-order valence-electron chi connectivity index (χ4n) is 6.25. The number of piperidine rings is 1. The Balaban J connectivity index is 1.48. The van der Waals surface area contributed by atoms with E-state index in [0.29, 0.717) is 31.0 Å². The molecule has 2 heterocycles. The molecular formula is C28H36F4N4O5. The van der Waals surface area contributed by atoms with Crippen LogP contribution in [0.1, 0.15) is 68.3 Å². The van der Waals surface area contributed by atoms with Gasteiger partial charge in [-0.25, -0.2) is 9.18 Å². The van der Waals surface area contributed by atoms with Crippen molar-refractivity contribution in [2.24, 2.45) is 5.92 Å². The van der Waals surface area contributed by atoms with Crippen molar-refractivity contribution in [3.8, 4) is 0 Å². The van der Waals surface area contributed by atoms with Crippen molar-refractivity contribution in [1.82, 2.24) is 20.0 Å². The van der Waals surface area contributed by atoms with E-state index in [1.807, 2.05) is 0 Å². The number of benzene rings is 1. The van der Waals surface area contributed by atoms with E-state index in [1.54, 1.807) is 25.9 Å². The van der Waals surface area contributed by atoms with Crippen LogP contribution in [0.2, 0.25) is 0 Å². The number of carbonyl (C=O) groups is 4. The quantitative estimate of drug-likeness (QED) is 0.405. The van der Waals surface area contributed by atoms with Crippen LogP contribution in [0.25, 0.3) is 0 Å². The lowest BCUT2D eigenvalue weighted by molar-refractivity contribution is -0.143. The third kappa shape index (κ3) is 5.77. The number of alkyl halides is 3. The van der Waals surface area contributed by atoms with Crippen molar-refractivity contribution in [3.05, 3.63) is 35.1 Å². The van der Waals surface area contributed by atoms with E-state index in [4.69, 9.17) is 4.74 Å². The second kappa shape index (κ2) is 11.6. The van der Waals surface area contributed by atoms with Gasteiger partial charge in [-0.05, 0) is 62.6 Å². The molecule has 1 saturated carbocycles. The van der Waals surface area contributed by atoms with Crippen molar-refractivity contribution in [2.45, 2.75) is 82.3 Å². The van der Waals surface area contributed by atoms with Gasteiger partial charge in [0.15, 0.2) is 0 Å². The van der Waals surface area contributed by atoms with Gasteiger partial charge in [-0.3, -0.25) is 19.3 Å². The molecule has 0 aromatic heterocycles. The largest absolute Gasteiger partial charge is 0.416 e. The SMILES string of the molecule is COC1CCC(N2C(=O)N(C)C(=O)C23CCN(C(=O)C(NC(=O)c2cc(C(F)(F)F)ccc2F)C(C)C)CC3)CC1. The van der Waals surface area contributed by atoms with E-state index >= 15 is 0 Å². The smallest absolute Gasteiger partial charge is 0.381 e. The molecule has 3 fully saturated rings. The van der Waals surface area contributed by atoms with Gasteiger partial charge in [0.25, 0.3) is 11.8 Å². The predicted molar refractivity (Wildman–Crippen MR) is 139 cm³/mol. The third-order valence-corrected chi connectivity index (χ3v) is 8.66. The molecule has 4 rings (SSSR count). The van der Waals surface area contributed by atoms with Crippen LogP contribution < -0.4 is 5.32 Å². The van der Waals surface area contributed by atoms with E-state index in [1.165, 1.54) is 11.9 Å². The van der Waals surface area contributed by atoms with Crippen molar-refractivity contribution in [2.75, 3.05) is 27.2 Å². The summed E-state index contributed by atoms with van der Waals surface area (Å²) in [4.78, 5) is 57.3. The van der Waals surface area contributed by atoms with Crippen molar-refractivity contribution < 1.29 is 41.5 Å². The summed E-state index contributed by atoms with van der Waals surface area (Å²) in [5.74, 6) is -3.54. The van der Waals surface area contributed by atoms with Crippen LogP contribution >= 0.6 is 0 Å². The number of hydrogen-bond donors (Lipinski definition) is 1. The number of carbonyl (C=O) groups excluding carboxylic acids is 4. The van der Waals surface area contributed by atoms with Crippen LogP contribution in [0, 0.1) is 11.7 Å². The number of halogens is 4. The number of ether oxygens (including phenoxy) is 1. The number of nitrogens with zero attached hydrogens (tertiary/aromatic N) is 3. The molecule has 2 saturated heterocycles. The molecule has 1 spiro atoms. The third-order valence-electron chi connectivity index (χ3n) is 8.66. The first-order chi connectivity index (χ1) is 19.2. The summed E-state index contributed by atoms with van der Waals surface area (Å²) in [6.07, 6.45) is -1.31. The molecule has 1 unspecified atom stereocenters. The number of rotatable bonds is 6. The molecule has 1 N–H and O–H groups in total. The van der Waals surface area contributed by atoms with E-state index in [2.05, 4.69) is 5.32 Å². The molecule has 5 amide bonds. The van der Waals surface area contributed by atoms with Gasteiger partial charge in [0.05, 0.1) is 17.2 Å². The van der Waals surface area contributed by atoms with Crippen molar-refractivity contribution in [1.29, 1.82) is 0 Å². The molecular weight excluding hydrogens is 548 g/mol. The summed E-state index contributed by atoms with van der Waals surface area (Å²) in [6.45, 7) is 3.57. The Morgan fingerprint density at radius 2 is 1.68 bits per heavy atom. The molecule has 41 heavy (non-hydrogen) atoms. The van der Waals surface area contributed by atoms with Gasteiger partial charge in [-0.1, -0.05) is 13.8 Å². The maximum absolute atomic E-state index is 14.3. The average Bonchev–Trinajstić information content (AvgIpc) is 3.11. The molecule has 1 atom stereocenters. The van der Waals surface area contributed by atoms with Gasteiger partial charge in [-0.2, -0.15) is 13.2 Å². The summed E-state index contributed by atoms with van der Waals surface area (Å²) in [6, 6.07) is -0.0979. The van der Waals surface area contributed by atoms with Crippen LogP contribution in [0.5, 0.6) is 0 Å². The minimum absolute atomic E-state index is 0.111. The van der Waals surface area contributed by atoms with E-state index < -0.39 is 52.4 Å². The summed E-state index contributed by atoms with van der Waals surface area (Å²) in [7, 11) is 3.11. The summed E-state index contributed by atoms with van der Waals surface area (Å²) < 4.78 is 59.2. The Hall–Kier alpha value is -3.22. The van der Waals surface area contributed by atoms with E-state index in [-0.39, 0.29) is 50.0 Å². The number of methoxy groups -OCH3 is 1. The molecule has 1 aliphatic carbocycles. The normalized spacial score (nSPS) is 23.9. The zero-order chi connectivity index (χ0) is 30.3. The maximum atomic E-state index is 14.3. The fraction of sp³-hybridized carbons (Fsp3) is 0.643. The minimum atomic E-state index is -4.77. The van der Waals surface area contributed by atoms with Crippen LogP contribution in [0.4, 0.5) is 22.4 Å². The van der Waals surface area contributed by atoms with Crippen molar-refractivity contribution >= 4 is 23.8 Å². The van der Waals surface area contributed by atoms with Crippen LogP contribution in [0.3, 0.4) is 0 Å². The molecule has 0 bridgehead atoms. The molecule has 0 radical (unpaired) electrons. The lowest BCUT2D eigenvalue weighted by atomic mass is 9.82. The average molecular weight is 585 g/mol. The van der Waals surface area contributed by atoms with Gasteiger partial charge in [0, 0.05) is 33.3 Å². The second-order valence-electron chi connectivity index (χ2n) is 11.4. The first kappa shape index (κ1) is 30.7. The summed E-state index contributed by atoms with van der Waals surface area (Å²) in [5.41, 5.74) is -3.07. The molecule has 3 aliphatic rings. The number of imide groups is 1. The summed E-state index contributed by atoms with van der Waals surface area (Å²) in [5, 5.41) is 2.41. The standard InChI is InChI=1S/C28H36F4N4O5/c1-16(2)22(33-23(37)20-15-17(28(30,31)32)5-10-21(20)29)24(38)35-13-11-27(12-14-35)25(39)34(3)26(40)36(27)18-6-8-19(41-4)9-7-18/h5,10,15-16,18-19,22H,6-9,11-14H2,1-4H3,(H,33,37). The number of likely N-dealkylation sites (N-methyl/N-ethyl adjacent to an activating group) is 1. The van der Waals surface area contributed by atoms with Gasteiger partial charge < -0.3 is 19.9 Å². The number of nitrogens with one attached hydrogen (secondary N) is 1. The highest BCUT2D eigenvalue weighted by molar-refractivity contribution is 6.07. The molecule has 9 nitrogen and oxygen atoms in total. The number of hydrogen-bond acceptors (Lipinski definition) is 5. The predicted octanol–water partition coefficient (Wildman–Crippen LogP) is 3.81. The lowest BCUT2D eigenvalue weighted by Gasteiger charge is -2.47. The van der Waals surface area contributed by atoms with Gasteiger partial charge in [0.2, 0.25) is 5.91 Å². The van der Waals surface area contributed by atoms with Crippen molar-refractivity contribution in [3.63, 3.8) is 0 Å². The Morgan fingerprint density at radius 1 is 1.07 bits per heavy atom. The Morgan fingerprint density at radius 3 is 2.22 bits per heavy atom. The van der Waals surface area contributed by atoms with Gasteiger partial charge in [-0.15, -0.1) is 0 Å². The minimum Gasteiger partial charge on any atom is -0.381 e. The van der Waals surface area contributed by atoms with Gasteiger partial charge >= 0.3 is 12.2 Å². The second-order valence-corrected chi connectivity index (χ2v) is 11.4. The van der Waals surface area contributed by atoms with Crippen LogP contribution in [0.15, 0.2) is 18.2 Å². The lowest BCUT2D eigenvalue weighted by Crippen LogP contribution is -2.62. The van der Waals surface area contributed by atoms with E-state index in [0.717, 1.165) is 17.7 Å². The number of amides is 5. The molecule has 1 aromatic rings. The topological polar surface area (TPSA) is 99.3 Å². The number of likely N-dealkylation sites (tertiary alicyclic amines) is 1. The first-order valence-corrected chi connectivity index (χ1v) is 13.8. The maximum Gasteiger partial charge on any atom is 0.416 e. The fourth-order valence-corrected chi connectivity index (χ4v) is 6.25. The molecule has 1 aromatic carbocycles. The van der Waals surface area contributed by atoms with Gasteiger partial charge in [0.1, 0.15) is 17.4 Å². The highest BCUT2D eigenvalue weighted by Gasteiger charge is 2.59.